The van der Waals surface area contributed by atoms with E-state index in [9.17, 15) is 23.5 Å². The summed E-state index contributed by atoms with van der Waals surface area (Å²) < 4.78 is 46.2. The van der Waals surface area contributed by atoms with Gasteiger partial charge in [-0.1, -0.05) is 32.9 Å². The molecule has 0 amide bonds. The maximum Gasteiger partial charge on any atom is 0.341 e. The molecule has 1 saturated heterocycles. The van der Waals surface area contributed by atoms with E-state index in [-0.39, 0.29) is 29.6 Å². The lowest BCUT2D eigenvalue weighted by molar-refractivity contribution is -0.302. The molecule has 6 nitrogen and oxygen atoms in total. The van der Waals surface area contributed by atoms with Gasteiger partial charge in [-0.2, -0.15) is 0 Å². The van der Waals surface area contributed by atoms with E-state index in [1.807, 2.05) is 13.0 Å². The molecule has 38 heavy (non-hydrogen) atoms. The Morgan fingerprint density at radius 3 is 2.58 bits per heavy atom. The van der Waals surface area contributed by atoms with Crippen molar-refractivity contribution in [2.75, 3.05) is 6.61 Å². The van der Waals surface area contributed by atoms with Crippen LogP contribution in [0.3, 0.4) is 0 Å². The minimum absolute atomic E-state index is 0.0236. The van der Waals surface area contributed by atoms with Crippen molar-refractivity contribution in [1.82, 2.24) is 0 Å². The molecule has 0 aromatic heterocycles. The third kappa shape index (κ3) is 3.20. The van der Waals surface area contributed by atoms with Crippen molar-refractivity contribution in [3.8, 4) is 0 Å². The Labute approximate surface area is 221 Å². The van der Waals surface area contributed by atoms with Gasteiger partial charge in [-0.3, -0.25) is 4.79 Å². The Morgan fingerprint density at radius 2 is 1.89 bits per heavy atom. The number of ketones is 1. The normalized spacial score (nSPS) is 42.0. The van der Waals surface area contributed by atoms with Gasteiger partial charge in [0.05, 0.1) is 17.6 Å². The molecular weight excluding hydrogens is 494 g/mol. The molecule has 4 aliphatic carbocycles. The highest BCUT2D eigenvalue weighted by Crippen LogP contribution is 2.72. The van der Waals surface area contributed by atoms with Crippen molar-refractivity contribution >= 4 is 11.8 Å². The van der Waals surface area contributed by atoms with Crippen LogP contribution in [0.2, 0.25) is 0 Å². The van der Waals surface area contributed by atoms with Crippen LogP contribution in [0.1, 0.15) is 58.3 Å². The van der Waals surface area contributed by atoms with Crippen molar-refractivity contribution in [2.45, 2.75) is 71.6 Å². The summed E-state index contributed by atoms with van der Waals surface area (Å²) in [5.41, 5.74) is -2.74. The first-order valence-electron chi connectivity index (χ1n) is 13.3. The van der Waals surface area contributed by atoms with Crippen molar-refractivity contribution in [2.24, 2.45) is 34.5 Å². The van der Waals surface area contributed by atoms with Crippen molar-refractivity contribution in [3.63, 3.8) is 0 Å². The lowest BCUT2D eigenvalue weighted by Gasteiger charge is -2.52. The van der Waals surface area contributed by atoms with E-state index in [1.165, 1.54) is 0 Å². The largest absolute Gasteiger partial charge is 0.451 e. The minimum atomic E-state index is -2.00. The van der Waals surface area contributed by atoms with E-state index < -0.39 is 58.1 Å². The molecule has 1 aliphatic heterocycles. The van der Waals surface area contributed by atoms with Crippen LogP contribution in [0.15, 0.2) is 41.5 Å². The van der Waals surface area contributed by atoms with Gasteiger partial charge in [0.1, 0.15) is 17.7 Å². The molecule has 6 rings (SSSR count). The van der Waals surface area contributed by atoms with Crippen LogP contribution >= 0.6 is 0 Å². The van der Waals surface area contributed by atoms with Crippen molar-refractivity contribution < 1.29 is 37.7 Å². The Balaban J connectivity index is 1.51. The van der Waals surface area contributed by atoms with Crippen LogP contribution in [0.4, 0.5) is 8.78 Å². The zero-order chi connectivity index (χ0) is 27.6. The molecule has 1 aromatic carbocycles. The monoisotopic (exact) mass is 528 g/mol. The number of halogens is 2. The molecule has 204 valence electrons. The predicted octanol–water partition coefficient (Wildman–Crippen LogP) is 4.76. The molecule has 1 spiro atoms. The highest BCUT2D eigenvalue weighted by molar-refractivity contribution is 5.96. The van der Waals surface area contributed by atoms with Crippen LogP contribution in [0.5, 0.6) is 0 Å². The number of allylic oxidation sites excluding steroid dienone is 1. The maximum absolute atomic E-state index is 14.6. The number of aliphatic hydroxyl groups is 1. The number of benzene rings is 1. The molecule has 5 aliphatic rings. The summed E-state index contributed by atoms with van der Waals surface area (Å²) in [6, 6.07) is 2.59. The molecule has 1 aromatic rings. The first kappa shape index (κ1) is 25.8. The average molecular weight is 529 g/mol. The molecule has 8 unspecified atom stereocenters. The highest BCUT2D eigenvalue weighted by atomic mass is 19.1. The number of esters is 1. The van der Waals surface area contributed by atoms with Gasteiger partial charge in [-0.15, -0.1) is 0 Å². The van der Waals surface area contributed by atoms with Gasteiger partial charge in [0, 0.05) is 12.0 Å². The lowest BCUT2D eigenvalue weighted by Crippen LogP contribution is -2.68. The topological polar surface area (TPSA) is 82.1 Å². The minimum Gasteiger partial charge on any atom is -0.451 e. The fourth-order valence-corrected chi connectivity index (χ4v) is 8.13. The number of rotatable bonds is 2. The van der Waals surface area contributed by atoms with Gasteiger partial charge in [0.15, 0.2) is 23.3 Å². The zero-order valence-electron chi connectivity index (χ0n) is 22.5. The first-order chi connectivity index (χ1) is 17.6. The van der Waals surface area contributed by atoms with Crippen LogP contribution in [-0.2, 0) is 19.0 Å². The second kappa shape index (κ2) is 7.83. The number of carbonyl (C=O) groups excluding carboxylic acids is 2. The van der Waals surface area contributed by atoms with Crippen LogP contribution in [0, 0.1) is 46.1 Å². The lowest BCUT2D eigenvalue weighted by atomic mass is 9.59. The molecule has 1 N–H and O–H groups in total. The Hall–Kier alpha value is -2.42. The fourth-order valence-electron chi connectivity index (χ4n) is 8.13. The average Bonchev–Trinajstić information content (AvgIpc) is 3.31. The number of carbonyl (C=O) groups is 2. The van der Waals surface area contributed by atoms with Crippen LogP contribution in [0.25, 0.3) is 0 Å². The summed E-state index contributed by atoms with van der Waals surface area (Å²) in [6.07, 6.45) is 2.10. The van der Waals surface area contributed by atoms with E-state index in [0.29, 0.717) is 23.1 Å². The summed E-state index contributed by atoms with van der Waals surface area (Å²) in [6.45, 7) is 11.7. The van der Waals surface area contributed by atoms with Gasteiger partial charge >= 0.3 is 5.97 Å². The molecule has 1 heterocycles. The maximum atomic E-state index is 14.6. The molecule has 2 bridgehead atoms. The number of hydrogen-bond donors (Lipinski definition) is 1. The van der Waals surface area contributed by atoms with E-state index in [2.05, 4.69) is 13.8 Å². The first-order valence-corrected chi connectivity index (χ1v) is 13.3. The Bertz CT molecular complexity index is 1310. The summed E-state index contributed by atoms with van der Waals surface area (Å²) in [5.74, 6) is -4.45. The van der Waals surface area contributed by atoms with Crippen molar-refractivity contribution in [3.05, 3.63) is 58.7 Å². The molecule has 8 heteroatoms. The summed E-state index contributed by atoms with van der Waals surface area (Å²) in [4.78, 5) is 27.9. The van der Waals surface area contributed by atoms with E-state index >= 15 is 0 Å². The van der Waals surface area contributed by atoms with E-state index in [1.54, 1.807) is 26.8 Å². The number of fused-ring (bicyclic) bond motifs is 5. The summed E-state index contributed by atoms with van der Waals surface area (Å²) >= 11 is 0. The van der Waals surface area contributed by atoms with Crippen LogP contribution in [-0.4, -0.2) is 47.1 Å². The van der Waals surface area contributed by atoms with E-state index in [0.717, 1.165) is 18.6 Å². The fraction of sp³-hybridized carbons (Fsp3) is 0.600. The number of hydrogen-bond acceptors (Lipinski definition) is 6. The SMILES string of the molecule is CC1=CC23C(=O)C(C=C4COC(C)(C)OC4C2(O)C1OC(=O)c1ccc(F)cc1F)C1C(CC3C)C1(C)C. The number of Topliss-reactive ketones (excluding diaryl/α,β-unsaturated/α-hetero) is 1. The Kier molecular flexibility index (Phi) is 5.32. The molecule has 2 saturated carbocycles. The zero-order valence-corrected chi connectivity index (χ0v) is 22.5. The second-order valence-corrected chi connectivity index (χ2v) is 12.9. The molecule has 0 radical (unpaired) electrons. The van der Waals surface area contributed by atoms with E-state index in [4.69, 9.17) is 14.2 Å². The Morgan fingerprint density at radius 1 is 1.18 bits per heavy atom. The number of ether oxygens (including phenoxy) is 3. The van der Waals surface area contributed by atoms with Crippen LogP contribution < -0.4 is 0 Å². The van der Waals surface area contributed by atoms with Crippen molar-refractivity contribution in [1.29, 1.82) is 0 Å². The summed E-state index contributed by atoms with van der Waals surface area (Å²) in [7, 11) is 0. The smallest absolute Gasteiger partial charge is 0.341 e. The molecule has 8 atom stereocenters. The standard InChI is InChI=1S/C30H34F2O6/c1-14-12-29-15(2)9-20-22(27(20,3)4)19(23(29)33)10-16-13-36-28(5,6)38-25(16)30(29,35)24(14)37-26(34)18-8-7-17(31)11-21(18)32/h7-8,10-12,15,19-20,22,24-25,35H,9,13H2,1-6H3. The van der Waals surface area contributed by atoms with Gasteiger partial charge in [0.2, 0.25) is 0 Å². The second-order valence-electron chi connectivity index (χ2n) is 12.9. The van der Waals surface area contributed by atoms with Gasteiger partial charge in [-0.05, 0) is 73.6 Å². The summed E-state index contributed by atoms with van der Waals surface area (Å²) in [5, 5.41) is 12.9. The third-order valence-corrected chi connectivity index (χ3v) is 10.0. The quantitative estimate of drug-likeness (QED) is 0.441. The molecule has 3 fully saturated rings. The highest BCUT2D eigenvalue weighted by Gasteiger charge is 2.77. The van der Waals surface area contributed by atoms with Gasteiger partial charge < -0.3 is 19.3 Å². The third-order valence-electron chi connectivity index (χ3n) is 10.0. The predicted molar refractivity (Wildman–Crippen MR) is 133 cm³/mol. The molecular formula is C30H34F2O6. The van der Waals surface area contributed by atoms with Gasteiger partial charge in [0.25, 0.3) is 0 Å². The van der Waals surface area contributed by atoms with Gasteiger partial charge in [-0.25, -0.2) is 13.6 Å².